The fourth-order valence-electron chi connectivity index (χ4n) is 1.65. The third kappa shape index (κ3) is 3.81. The van der Waals surface area contributed by atoms with Crippen molar-refractivity contribution in [1.29, 1.82) is 0 Å². The first-order valence-electron chi connectivity index (χ1n) is 6.06. The van der Waals surface area contributed by atoms with Crippen LogP contribution in [0.5, 0.6) is 11.5 Å². The number of phenols is 1. The molecule has 0 saturated carbocycles. The van der Waals surface area contributed by atoms with Gasteiger partial charge in [-0.1, -0.05) is 6.07 Å². The minimum atomic E-state index is 0.168. The largest absolute Gasteiger partial charge is 0.507 e. The zero-order valence-electron chi connectivity index (χ0n) is 10.8. The van der Waals surface area contributed by atoms with Gasteiger partial charge in [-0.25, -0.2) is 0 Å². The van der Waals surface area contributed by atoms with Crippen molar-refractivity contribution in [2.45, 2.75) is 6.42 Å². The van der Waals surface area contributed by atoms with Crippen LogP contribution >= 0.6 is 0 Å². The van der Waals surface area contributed by atoms with Crippen molar-refractivity contribution in [2.24, 2.45) is 4.99 Å². The minimum Gasteiger partial charge on any atom is -0.507 e. The van der Waals surface area contributed by atoms with Gasteiger partial charge in [0.05, 0.1) is 7.11 Å². The monoisotopic (exact) mass is 256 g/mol. The standard InChI is InChI=1S/C15H16N2O2/c1-19-14-6-5-12(15(18)10-14)11-16-9-7-13-4-2-3-8-17-13/h2-6,8,10-11,18H,7,9H2,1H3. The van der Waals surface area contributed by atoms with Crippen molar-refractivity contribution in [3.63, 3.8) is 0 Å². The maximum absolute atomic E-state index is 9.76. The van der Waals surface area contributed by atoms with E-state index >= 15 is 0 Å². The van der Waals surface area contributed by atoms with Crippen molar-refractivity contribution in [3.8, 4) is 11.5 Å². The maximum Gasteiger partial charge on any atom is 0.128 e. The zero-order valence-corrected chi connectivity index (χ0v) is 10.8. The maximum atomic E-state index is 9.76. The fourth-order valence-corrected chi connectivity index (χ4v) is 1.65. The number of aromatic hydroxyl groups is 1. The van der Waals surface area contributed by atoms with E-state index in [-0.39, 0.29) is 5.75 Å². The summed E-state index contributed by atoms with van der Waals surface area (Å²) in [5.74, 6) is 0.795. The number of benzene rings is 1. The SMILES string of the molecule is COc1ccc(C=NCCc2ccccn2)c(O)c1. The average Bonchev–Trinajstić information content (AvgIpc) is 2.46. The highest BCUT2D eigenvalue weighted by molar-refractivity contribution is 5.83. The number of hydrogen-bond acceptors (Lipinski definition) is 4. The number of nitrogens with zero attached hydrogens (tertiary/aromatic N) is 2. The highest BCUT2D eigenvalue weighted by Gasteiger charge is 2.00. The number of ether oxygens (including phenoxy) is 1. The summed E-state index contributed by atoms with van der Waals surface area (Å²) < 4.78 is 5.02. The summed E-state index contributed by atoms with van der Waals surface area (Å²) in [5, 5.41) is 9.76. The number of hydrogen-bond donors (Lipinski definition) is 1. The predicted molar refractivity (Wildman–Crippen MR) is 75.1 cm³/mol. The number of phenolic OH excluding ortho intramolecular Hbond substituents is 1. The fraction of sp³-hybridized carbons (Fsp3) is 0.200. The minimum absolute atomic E-state index is 0.168. The molecule has 1 aromatic carbocycles. The normalized spacial score (nSPS) is 10.8. The molecule has 0 atom stereocenters. The third-order valence-electron chi connectivity index (χ3n) is 2.69. The number of pyridine rings is 1. The molecule has 4 nitrogen and oxygen atoms in total. The van der Waals surface area contributed by atoms with Gasteiger partial charge in [0.1, 0.15) is 11.5 Å². The Labute approximate surface area is 112 Å². The van der Waals surface area contributed by atoms with Crippen molar-refractivity contribution >= 4 is 6.21 Å². The van der Waals surface area contributed by atoms with Crippen molar-refractivity contribution in [3.05, 3.63) is 53.9 Å². The topological polar surface area (TPSA) is 54.7 Å². The zero-order chi connectivity index (χ0) is 13.5. The van der Waals surface area contributed by atoms with Gasteiger partial charge in [0.2, 0.25) is 0 Å². The van der Waals surface area contributed by atoms with Crippen LogP contribution in [0.1, 0.15) is 11.3 Å². The highest BCUT2D eigenvalue weighted by Crippen LogP contribution is 2.21. The molecule has 0 amide bonds. The third-order valence-corrected chi connectivity index (χ3v) is 2.69. The van der Waals surface area contributed by atoms with Crippen LogP contribution in [0.4, 0.5) is 0 Å². The van der Waals surface area contributed by atoms with Crippen molar-refractivity contribution in [2.75, 3.05) is 13.7 Å². The lowest BCUT2D eigenvalue weighted by Crippen LogP contribution is -1.93. The molecule has 1 N–H and O–H groups in total. The predicted octanol–water partition coefficient (Wildman–Crippen LogP) is 2.46. The van der Waals surface area contributed by atoms with Gasteiger partial charge in [-0.3, -0.25) is 9.98 Å². The van der Waals surface area contributed by atoms with Gasteiger partial charge in [0, 0.05) is 42.7 Å². The van der Waals surface area contributed by atoms with Crippen molar-refractivity contribution < 1.29 is 9.84 Å². The molecule has 0 aliphatic heterocycles. The van der Waals surface area contributed by atoms with E-state index < -0.39 is 0 Å². The number of methoxy groups -OCH3 is 1. The lowest BCUT2D eigenvalue weighted by molar-refractivity contribution is 0.407. The van der Waals surface area contributed by atoms with Crippen LogP contribution in [-0.2, 0) is 6.42 Å². The molecule has 19 heavy (non-hydrogen) atoms. The van der Waals surface area contributed by atoms with E-state index in [0.717, 1.165) is 12.1 Å². The average molecular weight is 256 g/mol. The van der Waals surface area contributed by atoms with Crippen molar-refractivity contribution in [1.82, 2.24) is 4.98 Å². The Morgan fingerprint density at radius 2 is 2.21 bits per heavy atom. The second kappa shape index (κ2) is 6.54. The van der Waals surface area contributed by atoms with E-state index in [1.165, 1.54) is 0 Å². The molecule has 2 rings (SSSR count). The van der Waals surface area contributed by atoms with Gasteiger partial charge in [-0.15, -0.1) is 0 Å². The molecule has 0 bridgehead atoms. The number of aromatic nitrogens is 1. The smallest absolute Gasteiger partial charge is 0.128 e. The van der Waals surface area contributed by atoms with Crippen LogP contribution in [0.25, 0.3) is 0 Å². The quantitative estimate of drug-likeness (QED) is 0.836. The van der Waals surface area contributed by atoms with E-state index in [1.54, 1.807) is 37.7 Å². The summed E-state index contributed by atoms with van der Waals surface area (Å²) in [7, 11) is 1.56. The molecule has 0 aliphatic carbocycles. The van der Waals surface area contributed by atoms with E-state index in [1.807, 2.05) is 18.2 Å². The second-order valence-corrected chi connectivity index (χ2v) is 4.03. The Morgan fingerprint density at radius 3 is 2.89 bits per heavy atom. The van der Waals surface area contributed by atoms with E-state index in [2.05, 4.69) is 9.98 Å². The van der Waals surface area contributed by atoms with Gasteiger partial charge in [0.25, 0.3) is 0 Å². The molecule has 1 heterocycles. The Kier molecular flexibility index (Phi) is 4.50. The lowest BCUT2D eigenvalue weighted by atomic mass is 10.2. The summed E-state index contributed by atoms with van der Waals surface area (Å²) in [6.07, 6.45) is 4.22. The van der Waals surface area contributed by atoms with Gasteiger partial charge in [-0.05, 0) is 24.3 Å². The summed E-state index contributed by atoms with van der Waals surface area (Å²) in [5.41, 5.74) is 1.69. The Morgan fingerprint density at radius 1 is 1.32 bits per heavy atom. The van der Waals surface area contributed by atoms with Gasteiger partial charge in [-0.2, -0.15) is 0 Å². The molecule has 98 valence electrons. The van der Waals surface area contributed by atoms with Crippen LogP contribution in [0, 0.1) is 0 Å². The molecule has 1 aromatic heterocycles. The molecule has 0 radical (unpaired) electrons. The van der Waals surface area contributed by atoms with Crippen LogP contribution in [0.3, 0.4) is 0 Å². The summed E-state index contributed by atoms with van der Waals surface area (Å²) in [6, 6.07) is 11.0. The molecule has 0 unspecified atom stereocenters. The van der Waals surface area contributed by atoms with E-state index in [4.69, 9.17) is 4.74 Å². The first-order chi connectivity index (χ1) is 9.29. The van der Waals surface area contributed by atoms with Crippen LogP contribution in [0.15, 0.2) is 47.6 Å². The van der Waals surface area contributed by atoms with E-state index in [0.29, 0.717) is 17.9 Å². The highest BCUT2D eigenvalue weighted by atomic mass is 16.5. The molecule has 0 saturated heterocycles. The molecular formula is C15H16N2O2. The Balaban J connectivity index is 1.92. The molecule has 0 fully saturated rings. The summed E-state index contributed by atoms with van der Waals surface area (Å²) in [4.78, 5) is 8.51. The Bertz CT molecular complexity index is 553. The summed E-state index contributed by atoms with van der Waals surface area (Å²) in [6.45, 7) is 0.641. The number of aliphatic imine (C=N–C) groups is 1. The summed E-state index contributed by atoms with van der Waals surface area (Å²) >= 11 is 0. The van der Waals surface area contributed by atoms with E-state index in [9.17, 15) is 5.11 Å². The Hall–Kier alpha value is -2.36. The molecule has 0 aliphatic rings. The molecular weight excluding hydrogens is 240 g/mol. The first-order valence-corrected chi connectivity index (χ1v) is 6.06. The first kappa shape index (κ1) is 13.1. The molecule has 4 heteroatoms. The second-order valence-electron chi connectivity index (χ2n) is 4.03. The van der Waals surface area contributed by atoms with Gasteiger partial charge < -0.3 is 9.84 Å². The van der Waals surface area contributed by atoms with Crippen LogP contribution in [0.2, 0.25) is 0 Å². The van der Waals surface area contributed by atoms with Crippen LogP contribution < -0.4 is 4.74 Å². The lowest BCUT2D eigenvalue weighted by Gasteiger charge is -2.02. The number of rotatable bonds is 5. The van der Waals surface area contributed by atoms with Gasteiger partial charge in [0.15, 0.2) is 0 Å². The van der Waals surface area contributed by atoms with Crippen LogP contribution in [-0.4, -0.2) is 30.0 Å². The molecule has 2 aromatic rings. The molecule has 0 spiro atoms. The van der Waals surface area contributed by atoms with Gasteiger partial charge >= 0.3 is 0 Å².